The zero-order valence-electron chi connectivity index (χ0n) is 23.7. The molecule has 1 amide bonds. The monoisotopic (exact) mass is 552 g/mol. The van der Waals surface area contributed by atoms with Crippen molar-refractivity contribution in [3.05, 3.63) is 113 Å². The Bertz CT molecular complexity index is 1480. The molecule has 0 saturated carbocycles. The molecule has 1 N–H and O–H groups in total. The molecule has 2 aliphatic rings. The summed E-state index contributed by atoms with van der Waals surface area (Å²) in [4.78, 5) is 26.2. The van der Waals surface area contributed by atoms with E-state index < -0.39 is 0 Å². The van der Waals surface area contributed by atoms with Crippen LogP contribution in [0.15, 0.2) is 85.0 Å². The summed E-state index contributed by atoms with van der Waals surface area (Å²) in [6.45, 7) is 5.16. The Balaban J connectivity index is 1.67. The smallest absolute Gasteiger partial charge is 0.306 e. The van der Waals surface area contributed by atoms with E-state index in [0.29, 0.717) is 31.5 Å². The van der Waals surface area contributed by atoms with Crippen molar-refractivity contribution < 1.29 is 18.7 Å². The Labute approximate surface area is 241 Å². The summed E-state index contributed by atoms with van der Waals surface area (Å²) < 4.78 is 22.0. The predicted molar refractivity (Wildman–Crippen MR) is 161 cm³/mol. The lowest BCUT2D eigenvalue weighted by Crippen LogP contribution is -2.26. The Morgan fingerprint density at radius 3 is 2.61 bits per heavy atom. The molecule has 1 aliphatic carbocycles. The molecule has 0 bridgehead atoms. The summed E-state index contributed by atoms with van der Waals surface area (Å²) in [5.41, 5.74) is 6.06. The van der Waals surface area contributed by atoms with E-state index in [9.17, 15) is 14.0 Å². The van der Waals surface area contributed by atoms with Gasteiger partial charge in [-0.15, -0.1) is 0 Å². The van der Waals surface area contributed by atoms with Gasteiger partial charge in [0, 0.05) is 37.2 Å². The third-order valence-electron chi connectivity index (χ3n) is 7.66. The number of amides is 1. The molecule has 0 unspecified atom stereocenters. The first-order valence-electron chi connectivity index (χ1n) is 14.5. The van der Waals surface area contributed by atoms with Gasteiger partial charge in [-0.25, -0.2) is 4.39 Å². The number of ether oxygens (including phenoxy) is 1. The highest BCUT2D eigenvalue weighted by Gasteiger charge is 2.31. The normalized spacial score (nSPS) is 16.8. The van der Waals surface area contributed by atoms with Crippen LogP contribution in [0.25, 0.3) is 16.8 Å². The number of nitrogens with one attached hydrogen (secondary N) is 1. The van der Waals surface area contributed by atoms with Gasteiger partial charge in [0.05, 0.1) is 11.3 Å². The maximum absolute atomic E-state index is 14.2. The molecule has 3 aromatic rings. The van der Waals surface area contributed by atoms with Crippen molar-refractivity contribution in [3.8, 4) is 11.3 Å². The molecule has 1 aromatic heterocycles. The molecule has 41 heavy (non-hydrogen) atoms. The van der Waals surface area contributed by atoms with E-state index in [0.717, 1.165) is 52.9 Å². The molecule has 1 saturated heterocycles. The lowest BCUT2D eigenvalue weighted by Gasteiger charge is -2.24. The highest BCUT2D eigenvalue weighted by molar-refractivity contribution is 6.05. The summed E-state index contributed by atoms with van der Waals surface area (Å²) >= 11 is 0. The van der Waals surface area contributed by atoms with Gasteiger partial charge in [-0.2, -0.15) is 0 Å². The largest absolute Gasteiger partial charge is 0.462 e. The molecule has 2 heterocycles. The fourth-order valence-corrected chi connectivity index (χ4v) is 5.77. The van der Waals surface area contributed by atoms with Crippen LogP contribution in [0.2, 0.25) is 0 Å². The summed E-state index contributed by atoms with van der Waals surface area (Å²) in [6, 6.07) is 16.3. The van der Waals surface area contributed by atoms with E-state index in [1.54, 1.807) is 12.1 Å². The molecule has 0 spiro atoms. The van der Waals surface area contributed by atoms with Crippen LogP contribution in [0, 0.1) is 5.82 Å². The summed E-state index contributed by atoms with van der Waals surface area (Å²) in [6.07, 6.45) is 13.6. The summed E-state index contributed by atoms with van der Waals surface area (Å²) in [7, 11) is 0. The molecule has 0 radical (unpaired) electrons. The van der Waals surface area contributed by atoms with Gasteiger partial charge in [0.15, 0.2) is 0 Å². The predicted octanol–water partition coefficient (Wildman–Crippen LogP) is 7.73. The molecule has 1 fully saturated rings. The Hall–Kier alpha value is -4.19. The first kappa shape index (κ1) is 28.3. The van der Waals surface area contributed by atoms with E-state index in [1.165, 1.54) is 12.1 Å². The van der Waals surface area contributed by atoms with Crippen LogP contribution in [0.1, 0.15) is 79.0 Å². The second-order valence-electron chi connectivity index (χ2n) is 10.9. The minimum atomic E-state index is -0.315. The fourth-order valence-electron chi connectivity index (χ4n) is 5.77. The molecule has 2 aromatic carbocycles. The minimum absolute atomic E-state index is 0.0165. The molecule has 5 rings (SSSR count). The van der Waals surface area contributed by atoms with E-state index in [-0.39, 0.29) is 29.7 Å². The number of allylic oxidation sites excluding steroid dienone is 6. The van der Waals surface area contributed by atoms with Crippen LogP contribution in [-0.2, 0) is 22.6 Å². The first-order chi connectivity index (χ1) is 19.9. The highest BCUT2D eigenvalue weighted by Crippen LogP contribution is 2.41. The van der Waals surface area contributed by atoms with E-state index in [2.05, 4.69) is 35.9 Å². The van der Waals surface area contributed by atoms with Gasteiger partial charge in [-0.1, -0.05) is 74.6 Å². The van der Waals surface area contributed by atoms with Crippen LogP contribution in [-0.4, -0.2) is 22.5 Å². The highest BCUT2D eigenvalue weighted by atomic mass is 19.1. The molecule has 212 valence electrons. The van der Waals surface area contributed by atoms with Crippen molar-refractivity contribution in [1.82, 2.24) is 9.88 Å². The summed E-state index contributed by atoms with van der Waals surface area (Å²) in [5, 5.41) is 3.17. The molecule has 5 nitrogen and oxygen atoms in total. The van der Waals surface area contributed by atoms with Crippen molar-refractivity contribution in [2.45, 2.75) is 71.1 Å². The van der Waals surface area contributed by atoms with Gasteiger partial charge < -0.3 is 14.6 Å². The summed E-state index contributed by atoms with van der Waals surface area (Å²) in [5.74, 6) is -0.599. The molecule has 6 heteroatoms. The maximum Gasteiger partial charge on any atom is 0.306 e. The quantitative estimate of drug-likeness (QED) is 0.276. The van der Waals surface area contributed by atoms with Gasteiger partial charge >= 0.3 is 5.97 Å². The van der Waals surface area contributed by atoms with E-state index >= 15 is 0 Å². The van der Waals surface area contributed by atoms with Crippen LogP contribution >= 0.6 is 0 Å². The van der Waals surface area contributed by atoms with Crippen molar-refractivity contribution in [1.29, 1.82) is 0 Å². The number of aromatic nitrogens is 1. The number of halogens is 1. The maximum atomic E-state index is 14.2. The fraction of sp³-hybridized carbons (Fsp3) is 0.314. The number of carbonyl (C=O) groups is 2. The van der Waals surface area contributed by atoms with Gasteiger partial charge in [0.2, 0.25) is 0 Å². The lowest BCUT2D eigenvalue weighted by molar-refractivity contribution is -0.154. The Kier molecular flexibility index (Phi) is 8.98. The first-order valence-corrected chi connectivity index (χ1v) is 14.5. The van der Waals surface area contributed by atoms with Crippen LogP contribution in [0.5, 0.6) is 0 Å². The third-order valence-corrected chi connectivity index (χ3v) is 7.66. The van der Waals surface area contributed by atoms with Gasteiger partial charge in [0.1, 0.15) is 11.9 Å². The Morgan fingerprint density at radius 2 is 1.88 bits per heavy atom. The van der Waals surface area contributed by atoms with Gasteiger partial charge in [0.25, 0.3) is 5.91 Å². The van der Waals surface area contributed by atoms with E-state index in [4.69, 9.17) is 4.74 Å². The number of hydrogen-bond acceptors (Lipinski definition) is 3. The minimum Gasteiger partial charge on any atom is -0.462 e. The van der Waals surface area contributed by atoms with Gasteiger partial charge in [-0.3, -0.25) is 9.59 Å². The molecule has 1 atom stereocenters. The molecule has 1 aliphatic heterocycles. The van der Waals surface area contributed by atoms with Crippen molar-refractivity contribution in [2.24, 2.45) is 0 Å². The van der Waals surface area contributed by atoms with E-state index in [1.807, 2.05) is 48.6 Å². The Morgan fingerprint density at radius 1 is 1.10 bits per heavy atom. The van der Waals surface area contributed by atoms with Crippen LogP contribution in [0.4, 0.5) is 4.39 Å². The second-order valence-corrected chi connectivity index (χ2v) is 10.9. The number of esters is 1. The van der Waals surface area contributed by atoms with Crippen molar-refractivity contribution in [3.63, 3.8) is 0 Å². The topological polar surface area (TPSA) is 60.3 Å². The SMILES string of the molecule is CC(C)c1c(C(=O)NCc2ccccc2)c(C2=CCC=CC=C2)c(-c2ccc(F)cc2)n1CC[C@@H]1CCCC(=O)O1. The number of rotatable bonds is 9. The van der Waals surface area contributed by atoms with Crippen LogP contribution < -0.4 is 5.32 Å². The lowest BCUT2D eigenvalue weighted by atomic mass is 9.93. The number of carbonyl (C=O) groups excluding carboxylic acids is 2. The number of nitrogens with zero attached hydrogens (tertiary/aromatic N) is 1. The average Bonchev–Trinajstić information content (AvgIpc) is 3.10. The zero-order chi connectivity index (χ0) is 28.8. The second kappa shape index (κ2) is 13.0. The van der Waals surface area contributed by atoms with Gasteiger partial charge in [-0.05, 0) is 66.1 Å². The van der Waals surface area contributed by atoms with Crippen LogP contribution in [0.3, 0.4) is 0 Å². The average molecular weight is 553 g/mol. The molecular formula is C35H37FN2O3. The number of hydrogen-bond donors (Lipinski definition) is 1. The zero-order valence-corrected chi connectivity index (χ0v) is 23.7. The standard InChI is InChI=1S/C35H37FN2O3/c1-24(2)33-32(35(40)37-23-25-11-6-5-7-12-25)31(26-13-8-3-4-9-14-26)34(27-17-19-28(36)20-18-27)38(33)22-21-29-15-10-16-30(39)41-29/h3-8,11-14,17-20,24,29H,9-10,15-16,21-23H2,1-2H3,(H,37,40)/t29-/m0/s1. The van der Waals surface area contributed by atoms with Crippen molar-refractivity contribution in [2.75, 3.05) is 0 Å². The number of cyclic esters (lactones) is 1. The number of benzene rings is 2. The van der Waals surface area contributed by atoms with Crippen molar-refractivity contribution >= 4 is 17.4 Å². The molecular weight excluding hydrogens is 515 g/mol. The third kappa shape index (κ3) is 6.59.